The Morgan fingerprint density at radius 1 is 1.00 bits per heavy atom. The fraction of sp³-hybridized carbons (Fsp3) is 0.233. The zero-order valence-electron chi connectivity index (χ0n) is 21.6. The lowest BCUT2D eigenvalue weighted by Crippen LogP contribution is -2.22. The van der Waals surface area contributed by atoms with Crippen LogP contribution in [-0.2, 0) is 13.0 Å². The first-order chi connectivity index (χ1) is 18.5. The molecule has 5 aromatic rings. The largest absolute Gasteiger partial charge is 0.469 e. The Balaban J connectivity index is 1.28. The van der Waals surface area contributed by atoms with Gasteiger partial charge in [-0.1, -0.05) is 18.2 Å². The molecule has 1 aliphatic rings. The number of rotatable bonds is 5. The van der Waals surface area contributed by atoms with E-state index in [1.807, 2.05) is 37.3 Å². The Bertz CT molecular complexity index is 1750. The van der Waals surface area contributed by atoms with Gasteiger partial charge in [0.15, 0.2) is 5.76 Å². The van der Waals surface area contributed by atoms with Gasteiger partial charge in [-0.05, 0) is 63.9 Å². The van der Waals surface area contributed by atoms with Crippen LogP contribution in [0.3, 0.4) is 0 Å². The molecule has 1 aliphatic carbocycles. The van der Waals surface area contributed by atoms with Crippen LogP contribution in [0.25, 0.3) is 21.8 Å². The van der Waals surface area contributed by atoms with Crippen molar-refractivity contribution in [1.29, 1.82) is 0 Å². The van der Waals surface area contributed by atoms with Crippen molar-refractivity contribution in [3.63, 3.8) is 0 Å². The van der Waals surface area contributed by atoms with Crippen LogP contribution in [-0.4, -0.2) is 22.1 Å². The summed E-state index contributed by atoms with van der Waals surface area (Å²) in [7, 11) is 0. The van der Waals surface area contributed by atoms with Gasteiger partial charge < -0.3 is 18.7 Å². The van der Waals surface area contributed by atoms with Gasteiger partial charge in [0.25, 0.3) is 11.8 Å². The van der Waals surface area contributed by atoms with Crippen LogP contribution in [0.2, 0.25) is 0 Å². The number of aryl methyl sites for hydroxylation is 3. The van der Waals surface area contributed by atoms with E-state index in [1.54, 1.807) is 13.0 Å². The highest BCUT2D eigenvalue weighted by Crippen LogP contribution is 2.33. The minimum Gasteiger partial charge on any atom is -0.469 e. The van der Waals surface area contributed by atoms with E-state index in [9.17, 15) is 9.59 Å². The molecule has 2 aromatic carbocycles. The second-order valence-corrected chi connectivity index (χ2v) is 9.55. The highest BCUT2D eigenvalue weighted by molar-refractivity contribution is 6.12. The number of carbonyl (C=O) groups excluding carboxylic acids is 2. The number of carbonyl (C=O) groups is 2. The van der Waals surface area contributed by atoms with E-state index < -0.39 is 0 Å². The van der Waals surface area contributed by atoms with Crippen LogP contribution in [0.5, 0.6) is 0 Å². The maximum atomic E-state index is 13.3. The summed E-state index contributed by atoms with van der Waals surface area (Å²) in [4.78, 5) is 25.9. The van der Waals surface area contributed by atoms with Crippen LogP contribution in [0.15, 0.2) is 68.7 Å². The van der Waals surface area contributed by atoms with E-state index in [-0.39, 0.29) is 17.6 Å². The number of fused-ring (bicyclic) bond motifs is 4. The molecule has 0 bridgehead atoms. The molecule has 2 N–H and O–H groups in total. The van der Waals surface area contributed by atoms with Gasteiger partial charge in [0.05, 0.1) is 17.5 Å². The zero-order chi connectivity index (χ0) is 26.4. The summed E-state index contributed by atoms with van der Waals surface area (Å²) in [6, 6.07) is 15.9. The minimum atomic E-state index is -0.338. The molecule has 192 valence electrons. The number of hydrazone groups is 1. The first-order valence-corrected chi connectivity index (χ1v) is 12.8. The van der Waals surface area contributed by atoms with E-state index in [0.29, 0.717) is 46.9 Å². The quantitative estimate of drug-likeness (QED) is 0.271. The van der Waals surface area contributed by atoms with Crippen LogP contribution in [0.4, 0.5) is 5.69 Å². The van der Waals surface area contributed by atoms with Crippen molar-refractivity contribution in [1.82, 2.24) is 9.99 Å². The summed E-state index contributed by atoms with van der Waals surface area (Å²) in [6.07, 6.45) is 3.68. The number of nitrogens with zero attached hydrogens (tertiary/aromatic N) is 2. The monoisotopic (exact) mass is 508 g/mol. The summed E-state index contributed by atoms with van der Waals surface area (Å²) in [5.74, 6) is 0.858. The topological polar surface area (TPSA) is 102 Å². The zero-order valence-corrected chi connectivity index (χ0v) is 21.6. The highest BCUT2D eigenvalue weighted by atomic mass is 16.4. The van der Waals surface area contributed by atoms with Gasteiger partial charge in [0.2, 0.25) is 0 Å². The lowest BCUT2D eigenvalue weighted by molar-refractivity contribution is 0.0952. The third-order valence-corrected chi connectivity index (χ3v) is 7.27. The Labute approximate surface area is 219 Å². The van der Waals surface area contributed by atoms with Crippen molar-refractivity contribution < 1.29 is 18.4 Å². The SMILES string of the molecule is CCn1c2ccccc2c2cc(NC(=O)c3oc4c(c3C)/C(=N/NC(=O)c3ccoc3C)CCC4)ccc21. The van der Waals surface area contributed by atoms with E-state index in [0.717, 1.165) is 34.8 Å². The lowest BCUT2D eigenvalue weighted by Gasteiger charge is -2.13. The summed E-state index contributed by atoms with van der Waals surface area (Å²) in [6.45, 7) is 6.58. The molecule has 2 amide bonds. The summed E-state index contributed by atoms with van der Waals surface area (Å²) in [5.41, 5.74) is 8.28. The molecule has 8 nitrogen and oxygen atoms in total. The van der Waals surface area contributed by atoms with Crippen molar-refractivity contribution in [2.24, 2.45) is 5.10 Å². The first-order valence-electron chi connectivity index (χ1n) is 12.8. The van der Waals surface area contributed by atoms with Gasteiger partial charge in [-0.3, -0.25) is 9.59 Å². The van der Waals surface area contributed by atoms with Gasteiger partial charge >= 0.3 is 0 Å². The van der Waals surface area contributed by atoms with Crippen LogP contribution < -0.4 is 10.7 Å². The molecule has 38 heavy (non-hydrogen) atoms. The molecule has 8 heteroatoms. The van der Waals surface area contributed by atoms with E-state index in [4.69, 9.17) is 8.83 Å². The summed E-state index contributed by atoms with van der Waals surface area (Å²) >= 11 is 0. The first kappa shape index (κ1) is 23.8. The summed E-state index contributed by atoms with van der Waals surface area (Å²) in [5, 5.41) is 9.66. The Morgan fingerprint density at radius 3 is 2.61 bits per heavy atom. The second kappa shape index (κ2) is 9.37. The predicted octanol–water partition coefficient (Wildman–Crippen LogP) is 6.34. The van der Waals surface area contributed by atoms with Crippen LogP contribution in [0.1, 0.15) is 63.3 Å². The van der Waals surface area contributed by atoms with Gasteiger partial charge in [-0.15, -0.1) is 0 Å². The number of hydrogen-bond acceptors (Lipinski definition) is 5. The number of benzene rings is 2. The Kier molecular flexibility index (Phi) is 5.87. The van der Waals surface area contributed by atoms with Crippen molar-refractivity contribution in [2.45, 2.75) is 46.6 Å². The standard InChI is InChI=1S/C30H28N4O4/c1-4-34-24-10-6-5-8-21(24)22-16-19(12-13-25(22)34)31-30(36)28-17(2)27-23(9-7-11-26(27)38-28)32-33-29(35)20-14-15-37-18(20)3/h5-6,8,10,12-16H,4,7,9,11H2,1-3H3,(H,31,36)(H,33,35)/b32-23+. The maximum Gasteiger partial charge on any atom is 0.291 e. The third-order valence-electron chi connectivity index (χ3n) is 7.27. The maximum absolute atomic E-state index is 13.3. The normalized spacial score (nSPS) is 14.2. The molecule has 3 aromatic heterocycles. The van der Waals surface area contributed by atoms with E-state index in [1.165, 1.54) is 11.8 Å². The van der Waals surface area contributed by atoms with Gasteiger partial charge in [-0.2, -0.15) is 5.10 Å². The van der Waals surface area contributed by atoms with Gasteiger partial charge in [0.1, 0.15) is 11.5 Å². The molecule has 0 unspecified atom stereocenters. The van der Waals surface area contributed by atoms with E-state index >= 15 is 0 Å². The van der Waals surface area contributed by atoms with Crippen LogP contribution in [0, 0.1) is 13.8 Å². The molecule has 3 heterocycles. The fourth-order valence-corrected chi connectivity index (χ4v) is 5.46. The number of amides is 2. The third kappa shape index (κ3) is 3.89. The number of anilines is 1. The molecule has 0 saturated heterocycles. The average molecular weight is 509 g/mol. The van der Waals surface area contributed by atoms with Crippen molar-refractivity contribution in [2.75, 3.05) is 5.32 Å². The predicted molar refractivity (Wildman–Crippen MR) is 147 cm³/mol. The van der Waals surface area contributed by atoms with E-state index in [2.05, 4.69) is 39.5 Å². The molecule has 0 aliphatic heterocycles. The van der Waals surface area contributed by atoms with Crippen molar-refractivity contribution in [3.05, 3.63) is 88.8 Å². The highest BCUT2D eigenvalue weighted by Gasteiger charge is 2.28. The number of furan rings is 2. The summed E-state index contributed by atoms with van der Waals surface area (Å²) < 4.78 is 13.5. The number of para-hydroxylation sites is 1. The number of nitrogens with one attached hydrogen (secondary N) is 2. The minimum absolute atomic E-state index is 0.262. The van der Waals surface area contributed by atoms with Gasteiger partial charge in [0, 0.05) is 51.6 Å². The molecule has 0 spiro atoms. The molecule has 0 atom stereocenters. The van der Waals surface area contributed by atoms with Crippen molar-refractivity contribution >= 4 is 45.0 Å². The fourth-order valence-electron chi connectivity index (χ4n) is 5.46. The van der Waals surface area contributed by atoms with Crippen LogP contribution >= 0.6 is 0 Å². The molecular formula is C30H28N4O4. The molecular weight excluding hydrogens is 480 g/mol. The molecule has 0 fully saturated rings. The Morgan fingerprint density at radius 2 is 1.82 bits per heavy atom. The lowest BCUT2D eigenvalue weighted by atomic mass is 9.93. The smallest absolute Gasteiger partial charge is 0.291 e. The average Bonchev–Trinajstić information content (AvgIpc) is 3.60. The van der Waals surface area contributed by atoms with Gasteiger partial charge in [-0.25, -0.2) is 5.43 Å². The van der Waals surface area contributed by atoms with Crippen molar-refractivity contribution in [3.8, 4) is 0 Å². The number of hydrogen-bond donors (Lipinski definition) is 2. The second-order valence-electron chi connectivity index (χ2n) is 9.55. The number of aromatic nitrogens is 1. The molecule has 6 rings (SSSR count). The molecule has 0 radical (unpaired) electrons. The molecule has 0 saturated carbocycles. The Hall–Kier alpha value is -4.59.